The van der Waals surface area contributed by atoms with E-state index in [-0.39, 0.29) is 11.8 Å². The number of nitrogens with one attached hydrogen (secondary N) is 1. The summed E-state index contributed by atoms with van der Waals surface area (Å²) >= 11 is 5.35. The van der Waals surface area contributed by atoms with Crippen molar-refractivity contribution in [3.8, 4) is 11.8 Å². The minimum absolute atomic E-state index is 0.139. The van der Waals surface area contributed by atoms with Gasteiger partial charge in [-0.25, -0.2) is 0 Å². The van der Waals surface area contributed by atoms with Gasteiger partial charge in [0.05, 0.1) is 24.4 Å². The lowest BCUT2D eigenvalue weighted by Gasteiger charge is -2.08. The van der Waals surface area contributed by atoms with E-state index in [4.69, 9.17) is 21.6 Å². The molecule has 1 N–H and O–H groups in total. The van der Waals surface area contributed by atoms with Gasteiger partial charge in [-0.05, 0) is 18.2 Å². The Morgan fingerprint density at radius 3 is 2.93 bits per heavy atom. The molecule has 0 saturated heterocycles. The number of carbonyl (C=O) groups excluding carboxylic acids is 1. The van der Waals surface area contributed by atoms with Crippen LogP contribution in [-0.2, 0) is 4.79 Å². The van der Waals surface area contributed by atoms with Crippen molar-refractivity contribution >= 4 is 23.2 Å². The number of nitriles is 1. The molecule has 0 atom stereocenters. The number of anilines is 1. The van der Waals surface area contributed by atoms with Crippen LogP contribution in [0.2, 0.25) is 0 Å². The number of amides is 1. The number of alkyl halides is 1. The molecule has 1 rings (SSSR count). The third-order valence-corrected chi connectivity index (χ3v) is 1.97. The van der Waals surface area contributed by atoms with Crippen LogP contribution >= 0.6 is 11.6 Å². The molecule has 78 valence electrons. The first kappa shape index (κ1) is 11.3. The smallest absolute Gasteiger partial charge is 0.239 e. The Kier molecular flexibility index (Phi) is 3.95. The molecule has 0 aromatic heterocycles. The normalized spacial score (nSPS) is 9.13. The van der Waals surface area contributed by atoms with E-state index in [0.717, 1.165) is 0 Å². The number of rotatable bonds is 3. The van der Waals surface area contributed by atoms with Gasteiger partial charge >= 0.3 is 0 Å². The predicted octanol–water partition coefficient (Wildman–Crippen LogP) is 1.74. The maximum Gasteiger partial charge on any atom is 0.239 e. The van der Waals surface area contributed by atoms with E-state index in [1.165, 1.54) is 13.2 Å². The van der Waals surface area contributed by atoms with Gasteiger partial charge in [0.25, 0.3) is 0 Å². The highest BCUT2D eigenvalue weighted by Gasteiger charge is 2.07. The van der Waals surface area contributed by atoms with Crippen LogP contribution in [0.25, 0.3) is 0 Å². The lowest BCUT2D eigenvalue weighted by molar-refractivity contribution is -0.113. The minimum atomic E-state index is -0.343. The first-order chi connectivity index (χ1) is 7.21. The fourth-order valence-electron chi connectivity index (χ4n) is 1.06. The standard InChI is InChI=1S/C10H9ClN2O2/c1-15-9-3-2-7(6-12)4-8(9)13-10(14)5-11/h2-4H,5H2,1H3,(H,13,14). The summed E-state index contributed by atoms with van der Waals surface area (Å²) in [4.78, 5) is 11.1. The third kappa shape index (κ3) is 2.86. The van der Waals surface area contributed by atoms with Crippen LogP contribution in [0.3, 0.4) is 0 Å². The molecular formula is C10H9ClN2O2. The van der Waals surface area contributed by atoms with Gasteiger partial charge in [-0.1, -0.05) is 0 Å². The zero-order chi connectivity index (χ0) is 11.3. The van der Waals surface area contributed by atoms with Crippen LogP contribution in [-0.4, -0.2) is 18.9 Å². The summed E-state index contributed by atoms with van der Waals surface area (Å²) in [7, 11) is 1.48. The molecule has 0 radical (unpaired) electrons. The summed E-state index contributed by atoms with van der Waals surface area (Å²) < 4.78 is 5.02. The lowest BCUT2D eigenvalue weighted by atomic mass is 10.2. The highest BCUT2D eigenvalue weighted by molar-refractivity contribution is 6.29. The van der Waals surface area contributed by atoms with Gasteiger partial charge in [-0.3, -0.25) is 4.79 Å². The van der Waals surface area contributed by atoms with Crippen molar-refractivity contribution in [2.24, 2.45) is 0 Å². The fourth-order valence-corrected chi connectivity index (χ4v) is 1.13. The van der Waals surface area contributed by atoms with Crippen molar-refractivity contribution in [1.82, 2.24) is 0 Å². The van der Waals surface area contributed by atoms with E-state index < -0.39 is 0 Å². The predicted molar refractivity (Wildman–Crippen MR) is 57.1 cm³/mol. The van der Waals surface area contributed by atoms with Crippen molar-refractivity contribution in [3.63, 3.8) is 0 Å². The molecule has 1 aromatic carbocycles. The van der Waals surface area contributed by atoms with Crippen molar-refractivity contribution in [3.05, 3.63) is 23.8 Å². The van der Waals surface area contributed by atoms with Crippen molar-refractivity contribution < 1.29 is 9.53 Å². The van der Waals surface area contributed by atoms with Crippen molar-refractivity contribution in [1.29, 1.82) is 5.26 Å². The van der Waals surface area contributed by atoms with Crippen LogP contribution in [0.5, 0.6) is 5.75 Å². The molecule has 1 aromatic rings. The Hall–Kier alpha value is -1.73. The molecule has 0 aliphatic carbocycles. The van der Waals surface area contributed by atoms with Crippen molar-refractivity contribution in [2.75, 3.05) is 18.3 Å². The van der Waals surface area contributed by atoms with Crippen LogP contribution in [0.1, 0.15) is 5.56 Å². The van der Waals surface area contributed by atoms with E-state index in [2.05, 4.69) is 5.32 Å². The molecule has 1 amide bonds. The first-order valence-electron chi connectivity index (χ1n) is 4.15. The van der Waals surface area contributed by atoms with Gasteiger partial charge in [0.2, 0.25) is 5.91 Å². The Morgan fingerprint density at radius 2 is 2.40 bits per heavy atom. The SMILES string of the molecule is COc1ccc(C#N)cc1NC(=O)CCl. The highest BCUT2D eigenvalue weighted by Crippen LogP contribution is 2.25. The van der Waals surface area contributed by atoms with E-state index in [9.17, 15) is 4.79 Å². The molecule has 0 aliphatic heterocycles. The molecular weight excluding hydrogens is 216 g/mol. The van der Waals surface area contributed by atoms with Gasteiger partial charge in [0, 0.05) is 0 Å². The second kappa shape index (κ2) is 5.23. The second-order valence-electron chi connectivity index (χ2n) is 2.71. The second-order valence-corrected chi connectivity index (χ2v) is 2.98. The van der Waals surface area contributed by atoms with E-state index in [0.29, 0.717) is 17.0 Å². The quantitative estimate of drug-likeness (QED) is 0.796. The van der Waals surface area contributed by atoms with Crippen molar-refractivity contribution in [2.45, 2.75) is 0 Å². The number of hydrogen-bond donors (Lipinski definition) is 1. The number of nitrogens with zero attached hydrogens (tertiary/aromatic N) is 1. The molecule has 0 spiro atoms. The summed E-state index contributed by atoms with van der Waals surface area (Å²) in [6, 6.07) is 6.72. The summed E-state index contributed by atoms with van der Waals surface area (Å²) in [5, 5.41) is 11.2. The zero-order valence-electron chi connectivity index (χ0n) is 8.08. The van der Waals surface area contributed by atoms with Gasteiger partial charge in [0.15, 0.2) is 0 Å². The van der Waals surface area contributed by atoms with E-state index >= 15 is 0 Å². The number of carbonyl (C=O) groups is 1. The van der Waals surface area contributed by atoms with Gasteiger partial charge in [0.1, 0.15) is 11.6 Å². The third-order valence-electron chi connectivity index (χ3n) is 1.72. The number of hydrogen-bond acceptors (Lipinski definition) is 3. The monoisotopic (exact) mass is 224 g/mol. The maximum atomic E-state index is 11.1. The average Bonchev–Trinajstić information content (AvgIpc) is 2.28. The molecule has 0 saturated carbocycles. The summed E-state index contributed by atoms with van der Waals surface area (Å²) in [5.41, 5.74) is 0.892. The Bertz CT molecular complexity index is 412. The molecule has 0 aliphatic rings. The largest absolute Gasteiger partial charge is 0.495 e. The van der Waals surface area contributed by atoms with Crippen LogP contribution in [0.4, 0.5) is 5.69 Å². The zero-order valence-corrected chi connectivity index (χ0v) is 8.84. The minimum Gasteiger partial charge on any atom is -0.495 e. The number of benzene rings is 1. The lowest BCUT2D eigenvalue weighted by Crippen LogP contribution is -2.13. The molecule has 0 bridgehead atoms. The van der Waals surface area contributed by atoms with Crippen LogP contribution < -0.4 is 10.1 Å². The Morgan fingerprint density at radius 1 is 1.67 bits per heavy atom. The van der Waals surface area contributed by atoms with E-state index in [1.807, 2.05) is 6.07 Å². The average molecular weight is 225 g/mol. The molecule has 15 heavy (non-hydrogen) atoms. The van der Waals surface area contributed by atoms with Crippen LogP contribution in [0.15, 0.2) is 18.2 Å². The topological polar surface area (TPSA) is 62.1 Å². The molecule has 4 nitrogen and oxygen atoms in total. The summed E-state index contributed by atoms with van der Waals surface area (Å²) in [5.74, 6) is 0.0115. The molecule has 0 fully saturated rings. The number of methoxy groups -OCH3 is 1. The van der Waals surface area contributed by atoms with Gasteiger partial charge < -0.3 is 10.1 Å². The molecule has 5 heteroatoms. The van der Waals surface area contributed by atoms with Gasteiger partial charge in [-0.2, -0.15) is 5.26 Å². The Labute approximate surface area is 92.4 Å². The van der Waals surface area contributed by atoms with E-state index in [1.54, 1.807) is 12.1 Å². The highest BCUT2D eigenvalue weighted by atomic mass is 35.5. The first-order valence-corrected chi connectivity index (χ1v) is 4.68. The molecule has 0 unspecified atom stereocenters. The maximum absolute atomic E-state index is 11.1. The molecule has 0 heterocycles. The summed E-state index contributed by atoms with van der Waals surface area (Å²) in [6.07, 6.45) is 0. The number of halogens is 1. The van der Waals surface area contributed by atoms with Gasteiger partial charge in [-0.15, -0.1) is 11.6 Å². The summed E-state index contributed by atoms with van der Waals surface area (Å²) in [6.45, 7) is 0. The van der Waals surface area contributed by atoms with Crippen LogP contribution in [0, 0.1) is 11.3 Å². The number of ether oxygens (including phenoxy) is 1. The Balaban J connectivity index is 3.02. The fraction of sp³-hybridized carbons (Fsp3) is 0.200.